The second kappa shape index (κ2) is 6.26. The van der Waals surface area contributed by atoms with Gasteiger partial charge in [-0.3, -0.25) is 0 Å². The highest BCUT2D eigenvalue weighted by Crippen LogP contribution is 2.09. The molecule has 0 aliphatic rings. The number of halogens is 1. The lowest BCUT2D eigenvalue weighted by Gasteiger charge is -1.98. The zero-order chi connectivity index (χ0) is 12.8. The summed E-state index contributed by atoms with van der Waals surface area (Å²) in [6, 6.07) is 6.53. The normalized spacial score (nSPS) is 10.8. The van der Waals surface area contributed by atoms with Crippen LogP contribution in [0.5, 0.6) is 0 Å². The lowest BCUT2D eigenvalue weighted by Crippen LogP contribution is -2.00. The number of nitrogens with zero attached hydrogens (tertiary/aromatic N) is 2. The molecule has 96 valence electrons. The minimum Gasteiger partial charge on any atom is -0.425 e. The number of benzene rings is 1. The Balaban J connectivity index is 1.88. The van der Waals surface area contributed by atoms with Crippen LogP contribution in [0.2, 0.25) is 0 Å². The summed E-state index contributed by atoms with van der Waals surface area (Å²) in [4.78, 5) is 0. The Bertz CT molecular complexity index is 498. The van der Waals surface area contributed by atoms with Crippen molar-refractivity contribution in [2.45, 2.75) is 25.7 Å². The van der Waals surface area contributed by atoms with Gasteiger partial charge in [-0.1, -0.05) is 12.1 Å². The first-order chi connectivity index (χ1) is 8.78. The smallest absolute Gasteiger partial charge is 0.216 e. The molecule has 0 atom stereocenters. The molecule has 0 radical (unpaired) electrons. The fourth-order valence-electron chi connectivity index (χ4n) is 1.69. The van der Waals surface area contributed by atoms with Crippen molar-refractivity contribution in [2.24, 2.45) is 5.73 Å². The first-order valence-electron chi connectivity index (χ1n) is 6.03. The zero-order valence-corrected chi connectivity index (χ0v) is 10.1. The van der Waals surface area contributed by atoms with Gasteiger partial charge >= 0.3 is 0 Å². The largest absolute Gasteiger partial charge is 0.425 e. The summed E-state index contributed by atoms with van der Waals surface area (Å²) in [6.07, 6.45) is 2.87. The minimum atomic E-state index is -0.221. The first-order valence-corrected chi connectivity index (χ1v) is 6.03. The quantitative estimate of drug-likeness (QED) is 0.849. The number of hydrogen-bond donors (Lipinski definition) is 1. The van der Waals surface area contributed by atoms with Gasteiger partial charge in [0.2, 0.25) is 11.8 Å². The van der Waals surface area contributed by atoms with Crippen LogP contribution in [0.1, 0.15) is 23.8 Å². The molecule has 2 rings (SSSR count). The van der Waals surface area contributed by atoms with E-state index in [1.54, 1.807) is 6.07 Å². The molecule has 0 amide bonds. The second-order valence-corrected chi connectivity index (χ2v) is 4.11. The third-order valence-corrected chi connectivity index (χ3v) is 2.62. The molecular formula is C13H16FN3O. The van der Waals surface area contributed by atoms with Crippen molar-refractivity contribution < 1.29 is 8.81 Å². The van der Waals surface area contributed by atoms with Crippen molar-refractivity contribution >= 4 is 0 Å². The van der Waals surface area contributed by atoms with Crippen molar-refractivity contribution in [3.63, 3.8) is 0 Å². The molecule has 5 heteroatoms. The van der Waals surface area contributed by atoms with Gasteiger partial charge in [0.15, 0.2) is 0 Å². The van der Waals surface area contributed by atoms with Crippen molar-refractivity contribution in [1.29, 1.82) is 0 Å². The molecule has 4 nitrogen and oxygen atoms in total. The van der Waals surface area contributed by atoms with Gasteiger partial charge < -0.3 is 10.2 Å². The van der Waals surface area contributed by atoms with Crippen molar-refractivity contribution in [3.05, 3.63) is 47.4 Å². The van der Waals surface area contributed by atoms with E-state index in [0.29, 0.717) is 37.6 Å². The number of rotatable bonds is 6. The lowest BCUT2D eigenvalue weighted by atomic mass is 10.1. The number of nitrogens with two attached hydrogens (primary N) is 1. The summed E-state index contributed by atoms with van der Waals surface area (Å²) in [5.41, 5.74) is 6.33. The van der Waals surface area contributed by atoms with Gasteiger partial charge in [-0.2, -0.15) is 0 Å². The van der Waals surface area contributed by atoms with Crippen LogP contribution in [0, 0.1) is 5.82 Å². The molecule has 1 aromatic carbocycles. The third-order valence-electron chi connectivity index (χ3n) is 2.62. The standard InChI is InChI=1S/C13H16FN3O/c14-11-4-1-3-10(9-11)6-7-13-17-16-12(18-13)5-2-8-15/h1,3-4,9H,2,5-8,15H2. The van der Waals surface area contributed by atoms with Crippen LogP contribution in [0.3, 0.4) is 0 Å². The van der Waals surface area contributed by atoms with Crippen LogP contribution >= 0.6 is 0 Å². The molecule has 0 unspecified atom stereocenters. The van der Waals surface area contributed by atoms with Gasteiger partial charge in [-0.25, -0.2) is 4.39 Å². The Morgan fingerprint density at radius 1 is 1.11 bits per heavy atom. The SMILES string of the molecule is NCCCc1nnc(CCc2cccc(F)c2)o1. The molecular weight excluding hydrogens is 233 g/mol. The van der Waals surface area contributed by atoms with Crippen LogP contribution in [0.4, 0.5) is 4.39 Å². The summed E-state index contributed by atoms with van der Waals surface area (Å²) < 4.78 is 18.4. The summed E-state index contributed by atoms with van der Waals surface area (Å²) >= 11 is 0. The minimum absolute atomic E-state index is 0.221. The second-order valence-electron chi connectivity index (χ2n) is 4.11. The highest BCUT2D eigenvalue weighted by atomic mass is 19.1. The van der Waals surface area contributed by atoms with E-state index in [2.05, 4.69) is 10.2 Å². The van der Waals surface area contributed by atoms with E-state index in [9.17, 15) is 4.39 Å². The molecule has 2 aromatic rings. The molecule has 0 fully saturated rings. The van der Waals surface area contributed by atoms with E-state index in [0.717, 1.165) is 12.0 Å². The number of aryl methyl sites for hydroxylation is 3. The van der Waals surface area contributed by atoms with E-state index >= 15 is 0 Å². The fourth-order valence-corrected chi connectivity index (χ4v) is 1.69. The van der Waals surface area contributed by atoms with Gasteiger partial charge in [-0.15, -0.1) is 10.2 Å². The maximum absolute atomic E-state index is 13.0. The van der Waals surface area contributed by atoms with Crippen molar-refractivity contribution in [3.8, 4) is 0 Å². The Morgan fingerprint density at radius 3 is 2.61 bits per heavy atom. The number of hydrogen-bond acceptors (Lipinski definition) is 4. The topological polar surface area (TPSA) is 64.9 Å². The summed E-state index contributed by atoms with van der Waals surface area (Å²) in [6.45, 7) is 0.612. The maximum Gasteiger partial charge on any atom is 0.216 e. The highest BCUT2D eigenvalue weighted by Gasteiger charge is 2.06. The molecule has 0 saturated heterocycles. The molecule has 0 spiro atoms. The summed E-state index contributed by atoms with van der Waals surface area (Å²) in [5.74, 6) is 0.989. The third kappa shape index (κ3) is 3.63. The van der Waals surface area contributed by atoms with Crippen LogP contribution in [0.15, 0.2) is 28.7 Å². The first kappa shape index (κ1) is 12.7. The predicted octanol–water partition coefficient (Wildman–Crippen LogP) is 1.89. The monoisotopic (exact) mass is 249 g/mol. The van der Waals surface area contributed by atoms with E-state index in [1.165, 1.54) is 12.1 Å². The molecule has 0 aliphatic heterocycles. The fraction of sp³-hybridized carbons (Fsp3) is 0.385. The molecule has 2 N–H and O–H groups in total. The zero-order valence-electron chi connectivity index (χ0n) is 10.1. The van der Waals surface area contributed by atoms with Crippen molar-refractivity contribution in [1.82, 2.24) is 10.2 Å². The average molecular weight is 249 g/mol. The Morgan fingerprint density at radius 2 is 1.89 bits per heavy atom. The average Bonchev–Trinajstić information content (AvgIpc) is 2.82. The van der Waals surface area contributed by atoms with E-state index in [1.807, 2.05) is 6.07 Å². The van der Waals surface area contributed by atoms with Gasteiger partial charge in [0.1, 0.15) is 5.82 Å². The summed E-state index contributed by atoms with van der Waals surface area (Å²) in [5, 5.41) is 7.89. The Hall–Kier alpha value is -1.75. The number of aromatic nitrogens is 2. The van der Waals surface area contributed by atoms with Gasteiger partial charge in [0.05, 0.1) is 0 Å². The van der Waals surface area contributed by atoms with Crippen LogP contribution < -0.4 is 5.73 Å². The lowest BCUT2D eigenvalue weighted by molar-refractivity contribution is 0.444. The molecule has 1 aromatic heterocycles. The van der Waals surface area contributed by atoms with Gasteiger partial charge in [-0.05, 0) is 37.1 Å². The van der Waals surface area contributed by atoms with Crippen LogP contribution in [0.25, 0.3) is 0 Å². The highest BCUT2D eigenvalue weighted by molar-refractivity contribution is 5.16. The Kier molecular flexibility index (Phi) is 4.41. The maximum atomic E-state index is 13.0. The molecule has 0 bridgehead atoms. The molecule has 0 saturated carbocycles. The van der Waals surface area contributed by atoms with E-state index < -0.39 is 0 Å². The van der Waals surface area contributed by atoms with Crippen LogP contribution in [-0.2, 0) is 19.3 Å². The Labute approximate surface area is 105 Å². The molecule has 0 aliphatic carbocycles. The molecule has 18 heavy (non-hydrogen) atoms. The van der Waals surface area contributed by atoms with Gasteiger partial charge in [0.25, 0.3) is 0 Å². The van der Waals surface area contributed by atoms with E-state index in [4.69, 9.17) is 10.2 Å². The predicted molar refractivity (Wildman–Crippen MR) is 65.5 cm³/mol. The summed E-state index contributed by atoms with van der Waals surface area (Å²) in [7, 11) is 0. The van der Waals surface area contributed by atoms with Crippen molar-refractivity contribution in [2.75, 3.05) is 6.54 Å². The molecule has 1 heterocycles. The van der Waals surface area contributed by atoms with E-state index in [-0.39, 0.29) is 5.82 Å². The van der Waals surface area contributed by atoms with Gasteiger partial charge in [0, 0.05) is 12.8 Å². The van der Waals surface area contributed by atoms with Crippen LogP contribution in [-0.4, -0.2) is 16.7 Å².